The first kappa shape index (κ1) is 13.4. The molecule has 0 atom stereocenters. The number of aromatic nitrogens is 2. The SMILES string of the molecule is Cn1c(=O)c2ccccc2n1CCN1CCCS1(=O)=O. The first-order valence-corrected chi connectivity index (χ1v) is 8.24. The second-order valence-electron chi connectivity index (χ2n) is 5.04. The fourth-order valence-electron chi connectivity index (χ4n) is 2.74. The highest BCUT2D eigenvalue weighted by molar-refractivity contribution is 7.89. The molecule has 20 heavy (non-hydrogen) atoms. The van der Waals surface area contributed by atoms with Gasteiger partial charge in [-0.1, -0.05) is 12.1 Å². The second kappa shape index (κ2) is 4.75. The maximum absolute atomic E-state index is 12.1. The Balaban J connectivity index is 1.92. The van der Waals surface area contributed by atoms with E-state index in [2.05, 4.69) is 0 Å². The predicted molar refractivity (Wildman–Crippen MR) is 77.2 cm³/mol. The monoisotopic (exact) mass is 295 g/mol. The Hall–Kier alpha value is -1.60. The summed E-state index contributed by atoms with van der Waals surface area (Å²) in [5.41, 5.74) is 0.793. The average molecular weight is 295 g/mol. The standard InChI is InChI=1S/C13H17N3O3S/c1-14-13(17)11-5-2-3-6-12(11)16(14)9-8-15-7-4-10-20(15,18)19/h2-3,5-6H,4,7-10H2,1H3. The van der Waals surface area contributed by atoms with Gasteiger partial charge in [0.2, 0.25) is 10.0 Å². The number of hydrogen-bond acceptors (Lipinski definition) is 3. The largest absolute Gasteiger partial charge is 0.281 e. The van der Waals surface area contributed by atoms with Crippen LogP contribution in [-0.2, 0) is 23.6 Å². The first-order valence-electron chi connectivity index (χ1n) is 6.63. The summed E-state index contributed by atoms with van der Waals surface area (Å²) in [6.45, 7) is 1.47. The van der Waals surface area contributed by atoms with Crippen molar-refractivity contribution >= 4 is 20.9 Å². The van der Waals surface area contributed by atoms with E-state index in [1.807, 2.05) is 22.9 Å². The molecule has 108 valence electrons. The Morgan fingerprint density at radius 2 is 1.95 bits per heavy atom. The maximum atomic E-state index is 12.1. The van der Waals surface area contributed by atoms with Gasteiger partial charge in [-0.15, -0.1) is 0 Å². The van der Waals surface area contributed by atoms with Crippen LogP contribution in [0.3, 0.4) is 0 Å². The van der Waals surface area contributed by atoms with Crippen molar-refractivity contribution in [3.8, 4) is 0 Å². The summed E-state index contributed by atoms with van der Waals surface area (Å²) in [6, 6.07) is 7.39. The van der Waals surface area contributed by atoms with Gasteiger partial charge in [-0.2, -0.15) is 0 Å². The molecule has 0 unspecified atom stereocenters. The molecule has 1 aliphatic rings. The lowest BCUT2D eigenvalue weighted by Gasteiger charge is -2.16. The molecule has 0 amide bonds. The molecule has 1 fully saturated rings. The smallest absolute Gasteiger partial charge is 0.274 e. The minimum Gasteiger partial charge on any atom is -0.281 e. The summed E-state index contributed by atoms with van der Waals surface area (Å²) in [4.78, 5) is 12.1. The van der Waals surface area contributed by atoms with Gasteiger partial charge in [0.05, 0.1) is 23.2 Å². The molecule has 0 radical (unpaired) electrons. The summed E-state index contributed by atoms with van der Waals surface area (Å²) >= 11 is 0. The van der Waals surface area contributed by atoms with Crippen molar-refractivity contribution in [3.63, 3.8) is 0 Å². The van der Waals surface area contributed by atoms with Gasteiger partial charge in [0, 0.05) is 20.1 Å². The average Bonchev–Trinajstić information content (AvgIpc) is 2.88. The van der Waals surface area contributed by atoms with Crippen LogP contribution in [0.4, 0.5) is 0 Å². The fourth-order valence-corrected chi connectivity index (χ4v) is 4.26. The van der Waals surface area contributed by atoms with Crippen LogP contribution in [0, 0.1) is 0 Å². The lowest BCUT2D eigenvalue weighted by Crippen LogP contribution is -2.31. The van der Waals surface area contributed by atoms with E-state index in [4.69, 9.17) is 0 Å². The van der Waals surface area contributed by atoms with E-state index in [0.29, 0.717) is 31.4 Å². The minimum absolute atomic E-state index is 0.0510. The summed E-state index contributed by atoms with van der Waals surface area (Å²) in [6.07, 6.45) is 0.688. The zero-order valence-corrected chi connectivity index (χ0v) is 12.1. The van der Waals surface area contributed by atoms with E-state index >= 15 is 0 Å². The molecule has 7 heteroatoms. The van der Waals surface area contributed by atoms with Crippen LogP contribution >= 0.6 is 0 Å². The van der Waals surface area contributed by atoms with E-state index in [9.17, 15) is 13.2 Å². The van der Waals surface area contributed by atoms with Gasteiger partial charge in [0.15, 0.2) is 0 Å². The molecule has 6 nitrogen and oxygen atoms in total. The molecule has 2 heterocycles. The highest BCUT2D eigenvalue weighted by atomic mass is 32.2. The zero-order chi connectivity index (χ0) is 14.3. The van der Waals surface area contributed by atoms with Gasteiger partial charge in [-0.25, -0.2) is 12.7 Å². The van der Waals surface area contributed by atoms with Crippen molar-refractivity contribution in [3.05, 3.63) is 34.6 Å². The summed E-state index contributed by atoms with van der Waals surface area (Å²) < 4.78 is 28.5. The number of fused-ring (bicyclic) bond motifs is 1. The predicted octanol–water partition coefficient (Wildman–Crippen LogP) is 0.375. The molecule has 1 aromatic carbocycles. The van der Waals surface area contributed by atoms with Gasteiger partial charge in [-0.05, 0) is 18.6 Å². The van der Waals surface area contributed by atoms with Crippen LogP contribution in [0.2, 0.25) is 0 Å². The van der Waals surface area contributed by atoms with Crippen molar-refractivity contribution in [2.75, 3.05) is 18.8 Å². The van der Waals surface area contributed by atoms with Crippen LogP contribution in [0.1, 0.15) is 6.42 Å². The highest BCUT2D eigenvalue weighted by Gasteiger charge is 2.27. The molecule has 0 N–H and O–H groups in total. The lowest BCUT2D eigenvalue weighted by molar-refractivity contribution is 0.392. The molecular weight excluding hydrogens is 278 g/mol. The molecule has 2 aromatic rings. The van der Waals surface area contributed by atoms with Crippen molar-refractivity contribution in [1.29, 1.82) is 0 Å². The Labute approximate surface area is 117 Å². The summed E-state index contributed by atoms with van der Waals surface area (Å²) in [5.74, 6) is 0.234. The molecule has 0 spiro atoms. The number of para-hydroxylation sites is 1. The molecular formula is C13H17N3O3S. The van der Waals surface area contributed by atoms with E-state index in [1.165, 1.54) is 4.31 Å². The molecule has 3 rings (SSSR count). The van der Waals surface area contributed by atoms with Crippen molar-refractivity contribution in [1.82, 2.24) is 13.7 Å². The minimum atomic E-state index is -3.08. The van der Waals surface area contributed by atoms with E-state index in [-0.39, 0.29) is 11.3 Å². The van der Waals surface area contributed by atoms with Gasteiger partial charge < -0.3 is 0 Å². The van der Waals surface area contributed by atoms with Gasteiger partial charge in [0.25, 0.3) is 5.56 Å². The molecule has 0 saturated carbocycles. The second-order valence-corrected chi connectivity index (χ2v) is 7.13. The van der Waals surface area contributed by atoms with Gasteiger partial charge >= 0.3 is 0 Å². The van der Waals surface area contributed by atoms with E-state index < -0.39 is 10.0 Å². The summed E-state index contributed by atoms with van der Waals surface area (Å²) in [5, 5.41) is 0.666. The third-order valence-electron chi connectivity index (χ3n) is 3.83. The Morgan fingerprint density at radius 1 is 1.20 bits per heavy atom. The fraction of sp³-hybridized carbons (Fsp3) is 0.462. The van der Waals surface area contributed by atoms with Crippen LogP contribution in [0.5, 0.6) is 0 Å². The number of hydrogen-bond donors (Lipinski definition) is 0. The topological polar surface area (TPSA) is 64.3 Å². The summed E-state index contributed by atoms with van der Waals surface area (Å²) in [7, 11) is -1.37. The third kappa shape index (κ3) is 2.06. The van der Waals surface area contributed by atoms with Crippen molar-refractivity contribution in [2.45, 2.75) is 13.0 Å². The van der Waals surface area contributed by atoms with Crippen molar-refractivity contribution in [2.24, 2.45) is 7.05 Å². The quantitative estimate of drug-likeness (QED) is 0.822. The Bertz CT molecular complexity index is 804. The third-order valence-corrected chi connectivity index (χ3v) is 5.79. The first-order chi connectivity index (χ1) is 9.50. The number of benzene rings is 1. The molecule has 1 saturated heterocycles. The van der Waals surface area contributed by atoms with E-state index in [0.717, 1.165) is 5.52 Å². The number of rotatable bonds is 3. The highest BCUT2D eigenvalue weighted by Crippen LogP contribution is 2.15. The molecule has 1 aromatic heterocycles. The Morgan fingerprint density at radius 3 is 2.65 bits per heavy atom. The van der Waals surface area contributed by atoms with Crippen LogP contribution < -0.4 is 5.56 Å². The number of nitrogens with zero attached hydrogens (tertiary/aromatic N) is 3. The van der Waals surface area contributed by atoms with Gasteiger partial charge in [-0.3, -0.25) is 14.2 Å². The van der Waals surface area contributed by atoms with Crippen LogP contribution in [-0.4, -0.2) is 40.9 Å². The number of sulfonamides is 1. The maximum Gasteiger partial charge on any atom is 0.274 e. The van der Waals surface area contributed by atoms with Gasteiger partial charge in [0.1, 0.15) is 0 Å². The molecule has 0 aliphatic carbocycles. The van der Waals surface area contributed by atoms with Crippen molar-refractivity contribution < 1.29 is 8.42 Å². The normalized spacial score (nSPS) is 18.9. The molecule has 0 bridgehead atoms. The Kier molecular flexibility index (Phi) is 3.18. The molecule has 1 aliphatic heterocycles. The zero-order valence-electron chi connectivity index (χ0n) is 11.3. The lowest BCUT2D eigenvalue weighted by atomic mass is 10.2. The van der Waals surface area contributed by atoms with E-state index in [1.54, 1.807) is 17.8 Å². The van der Waals surface area contributed by atoms with Crippen LogP contribution in [0.15, 0.2) is 29.1 Å². The van der Waals surface area contributed by atoms with Crippen LogP contribution in [0.25, 0.3) is 10.9 Å².